The number of alkyl halides is 2. The Bertz CT molecular complexity index is 424. The largest absolute Gasteiger partial charge is 0.466 e. The van der Waals surface area contributed by atoms with Gasteiger partial charge in [-0.2, -0.15) is 0 Å². The molecule has 0 radical (unpaired) electrons. The second kappa shape index (κ2) is 5.91. The third kappa shape index (κ3) is 3.36. The number of esters is 1. The molecule has 0 spiro atoms. The normalized spacial score (nSPS) is 10.7. The maximum Gasteiger partial charge on any atom is 0.310 e. The third-order valence-corrected chi connectivity index (χ3v) is 2.66. The first-order valence-electron chi connectivity index (χ1n) is 5.05. The van der Waals surface area contributed by atoms with Crippen LogP contribution in [-0.2, 0) is 16.0 Å². The van der Waals surface area contributed by atoms with Crippen LogP contribution in [0, 0.1) is 6.92 Å². The average molecular weight is 264 g/mol. The third-order valence-electron chi connectivity index (χ3n) is 2.21. The second-order valence-corrected chi connectivity index (χ2v) is 3.75. The summed E-state index contributed by atoms with van der Waals surface area (Å²) in [6.45, 7) is 3.51. The predicted molar refractivity (Wildman–Crippen MR) is 59.3 cm³/mol. The Hall–Kier alpha value is -1.23. The van der Waals surface area contributed by atoms with Crippen molar-refractivity contribution < 1.29 is 18.3 Å². The maximum atomic E-state index is 12.6. The molecule has 0 aromatic carbocycles. The van der Waals surface area contributed by atoms with Gasteiger partial charge in [-0.15, -0.1) is 0 Å². The van der Waals surface area contributed by atoms with E-state index in [-0.39, 0.29) is 23.6 Å². The van der Waals surface area contributed by atoms with E-state index in [0.717, 1.165) is 6.20 Å². The first kappa shape index (κ1) is 13.8. The molecule has 0 N–H and O–H groups in total. The van der Waals surface area contributed by atoms with Crippen molar-refractivity contribution in [1.29, 1.82) is 0 Å². The Kier molecular flexibility index (Phi) is 4.81. The lowest BCUT2D eigenvalue weighted by Gasteiger charge is -2.10. The van der Waals surface area contributed by atoms with Gasteiger partial charge in [0.05, 0.1) is 23.6 Å². The summed E-state index contributed by atoms with van der Waals surface area (Å²) in [5.74, 6) is -0.509. The van der Waals surface area contributed by atoms with Gasteiger partial charge in [0.2, 0.25) is 0 Å². The zero-order chi connectivity index (χ0) is 13.0. The van der Waals surface area contributed by atoms with E-state index < -0.39 is 12.4 Å². The number of carbonyl (C=O) groups excluding carboxylic acids is 1. The molecule has 1 rings (SSSR count). The predicted octanol–water partition coefficient (Wildman–Crippen LogP) is 3.09. The molecular formula is C11H12ClF2NO2. The zero-order valence-corrected chi connectivity index (χ0v) is 10.2. The van der Waals surface area contributed by atoms with Gasteiger partial charge in [-0.25, -0.2) is 8.78 Å². The van der Waals surface area contributed by atoms with Crippen molar-refractivity contribution in [3.05, 3.63) is 28.0 Å². The van der Waals surface area contributed by atoms with Gasteiger partial charge < -0.3 is 4.74 Å². The SMILES string of the molecule is CCOC(=O)Cc1c(C)ncc(C(F)F)c1Cl. The quantitative estimate of drug-likeness (QED) is 0.784. The van der Waals surface area contributed by atoms with E-state index in [4.69, 9.17) is 16.3 Å². The van der Waals surface area contributed by atoms with E-state index in [2.05, 4.69) is 4.98 Å². The van der Waals surface area contributed by atoms with Crippen LogP contribution in [0.4, 0.5) is 8.78 Å². The van der Waals surface area contributed by atoms with Crippen LogP contribution in [-0.4, -0.2) is 17.6 Å². The first-order chi connectivity index (χ1) is 7.97. The summed E-state index contributed by atoms with van der Waals surface area (Å²) >= 11 is 5.83. The number of pyridine rings is 1. The molecule has 0 saturated carbocycles. The van der Waals surface area contributed by atoms with Crippen molar-refractivity contribution in [2.45, 2.75) is 26.7 Å². The van der Waals surface area contributed by atoms with E-state index in [0.29, 0.717) is 11.3 Å². The molecule has 17 heavy (non-hydrogen) atoms. The number of carbonyl (C=O) groups is 1. The molecule has 6 heteroatoms. The van der Waals surface area contributed by atoms with Crippen LogP contribution < -0.4 is 0 Å². The Morgan fingerprint density at radius 1 is 1.59 bits per heavy atom. The molecular weight excluding hydrogens is 252 g/mol. The van der Waals surface area contributed by atoms with Gasteiger partial charge in [-0.3, -0.25) is 9.78 Å². The summed E-state index contributed by atoms with van der Waals surface area (Å²) in [5, 5.41) is -0.111. The monoisotopic (exact) mass is 263 g/mol. The summed E-state index contributed by atoms with van der Waals surface area (Å²) in [5.41, 5.74) is 0.381. The van der Waals surface area contributed by atoms with E-state index in [9.17, 15) is 13.6 Å². The van der Waals surface area contributed by atoms with E-state index in [1.54, 1.807) is 13.8 Å². The van der Waals surface area contributed by atoms with Crippen LogP contribution in [0.3, 0.4) is 0 Å². The number of ether oxygens (including phenoxy) is 1. The standard InChI is InChI=1S/C11H12ClF2NO2/c1-3-17-9(16)4-7-6(2)15-5-8(10(7)12)11(13)14/h5,11H,3-4H2,1-2H3. The average Bonchev–Trinajstić information content (AvgIpc) is 2.24. The summed E-state index contributed by atoms with van der Waals surface area (Å²) < 4.78 is 29.9. The summed E-state index contributed by atoms with van der Waals surface area (Å²) in [4.78, 5) is 15.1. The van der Waals surface area contributed by atoms with Crippen molar-refractivity contribution in [3.8, 4) is 0 Å². The number of hydrogen-bond donors (Lipinski definition) is 0. The molecule has 0 aliphatic rings. The molecule has 0 unspecified atom stereocenters. The lowest BCUT2D eigenvalue weighted by molar-refractivity contribution is -0.142. The highest BCUT2D eigenvalue weighted by Gasteiger charge is 2.19. The number of aryl methyl sites for hydroxylation is 1. The minimum atomic E-state index is -2.71. The van der Waals surface area contributed by atoms with E-state index in [1.807, 2.05) is 0 Å². The molecule has 3 nitrogen and oxygen atoms in total. The van der Waals surface area contributed by atoms with Crippen LogP contribution in [0.5, 0.6) is 0 Å². The molecule has 0 bridgehead atoms. The molecule has 0 amide bonds. The summed E-state index contributed by atoms with van der Waals surface area (Å²) in [7, 11) is 0. The van der Waals surface area contributed by atoms with Gasteiger partial charge in [0, 0.05) is 17.5 Å². The van der Waals surface area contributed by atoms with Crippen LogP contribution in [0.25, 0.3) is 0 Å². The lowest BCUT2D eigenvalue weighted by Crippen LogP contribution is -2.10. The van der Waals surface area contributed by atoms with Crippen LogP contribution in [0.1, 0.15) is 30.2 Å². The number of halogens is 3. The number of nitrogens with zero attached hydrogens (tertiary/aromatic N) is 1. The Morgan fingerprint density at radius 2 is 2.24 bits per heavy atom. The first-order valence-corrected chi connectivity index (χ1v) is 5.42. The molecule has 0 atom stereocenters. The van der Waals surface area contributed by atoms with E-state index in [1.165, 1.54) is 0 Å². The van der Waals surface area contributed by atoms with Gasteiger partial charge in [-0.1, -0.05) is 11.6 Å². The lowest BCUT2D eigenvalue weighted by atomic mass is 10.1. The number of rotatable bonds is 4. The highest BCUT2D eigenvalue weighted by atomic mass is 35.5. The highest BCUT2D eigenvalue weighted by Crippen LogP contribution is 2.30. The van der Waals surface area contributed by atoms with Gasteiger partial charge in [-0.05, 0) is 13.8 Å². The highest BCUT2D eigenvalue weighted by molar-refractivity contribution is 6.32. The van der Waals surface area contributed by atoms with Crippen LogP contribution >= 0.6 is 11.6 Å². The minimum absolute atomic E-state index is 0.111. The molecule has 1 aromatic heterocycles. The van der Waals surface area contributed by atoms with Crippen molar-refractivity contribution in [1.82, 2.24) is 4.98 Å². The van der Waals surface area contributed by atoms with Crippen molar-refractivity contribution >= 4 is 17.6 Å². The summed E-state index contributed by atoms with van der Waals surface area (Å²) in [6, 6.07) is 0. The minimum Gasteiger partial charge on any atom is -0.466 e. The van der Waals surface area contributed by atoms with E-state index >= 15 is 0 Å². The molecule has 94 valence electrons. The summed E-state index contributed by atoms with van der Waals surface area (Å²) in [6.07, 6.45) is -1.83. The van der Waals surface area contributed by atoms with Gasteiger partial charge in [0.15, 0.2) is 0 Å². The zero-order valence-electron chi connectivity index (χ0n) is 9.47. The molecule has 0 fully saturated rings. The van der Waals surface area contributed by atoms with Crippen LogP contribution in [0.15, 0.2) is 6.20 Å². The number of hydrogen-bond acceptors (Lipinski definition) is 3. The van der Waals surface area contributed by atoms with Crippen molar-refractivity contribution in [2.24, 2.45) is 0 Å². The van der Waals surface area contributed by atoms with Gasteiger partial charge in [0.25, 0.3) is 6.43 Å². The molecule has 1 aromatic rings. The van der Waals surface area contributed by atoms with Gasteiger partial charge >= 0.3 is 5.97 Å². The molecule has 0 aliphatic heterocycles. The fourth-order valence-electron chi connectivity index (χ4n) is 1.35. The molecule has 0 aliphatic carbocycles. The second-order valence-electron chi connectivity index (χ2n) is 3.37. The van der Waals surface area contributed by atoms with Gasteiger partial charge in [0.1, 0.15) is 0 Å². The number of aromatic nitrogens is 1. The Labute approximate surface area is 103 Å². The fourth-order valence-corrected chi connectivity index (χ4v) is 1.68. The van der Waals surface area contributed by atoms with Crippen molar-refractivity contribution in [2.75, 3.05) is 6.61 Å². The van der Waals surface area contributed by atoms with Crippen molar-refractivity contribution in [3.63, 3.8) is 0 Å². The maximum absolute atomic E-state index is 12.6. The molecule has 1 heterocycles. The van der Waals surface area contributed by atoms with Crippen LogP contribution in [0.2, 0.25) is 5.02 Å². The Balaban J connectivity index is 3.05. The Morgan fingerprint density at radius 3 is 2.76 bits per heavy atom. The topological polar surface area (TPSA) is 39.2 Å². The fraction of sp³-hybridized carbons (Fsp3) is 0.455. The smallest absolute Gasteiger partial charge is 0.310 e. The molecule has 0 saturated heterocycles.